The monoisotopic (exact) mass is 185 g/mol. The molecule has 0 fully saturated rings. The number of aliphatic carboxylic acids is 1. The number of esters is 2. The Morgan fingerprint density at radius 1 is 1.00 bits per heavy atom. The average molecular weight is 185 g/mol. The van der Waals surface area contributed by atoms with Crippen LogP contribution in [0.15, 0.2) is 0 Å². The Balaban J connectivity index is -0.000000142. The summed E-state index contributed by atoms with van der Waals surface area (Å²) in [5.41, 5.74) is 0. The van der Waals surface area contributed by atoms with Gasteiger partial charge in [-0.2, -0.15) is 0 Å². The van der Waals surface area contributed by atoms with E-state index in [1.165, 1.54) is 13.8 Å². The Morgan fingerprint density at radius 2 is 1.17 bits per heavy atom. The quantitative estimate of drug-likeness (QED) is 0.321. The molecule has 0 amide bonds. The van der Waals surface area contributed by atoms with Gasteiger partial charge in [-0.15, -0.1) is 0 Å². The van der Waals surface area contributed by atoms with Crippen LogP contribution in [0.5, 0.6) is 0 Å². The maximum absolute atomic E-state index is 9.81. The number of carbonyl (C=O) groups is 3. The van der Waals surface area contributed by atoms with Crippen LogP contribution >= 0.6 is 0 Å². The molecule has 0 bridgehead atoms. The minimum atomic E-state index is -0.833. The first kappa shape index (κ1) is 17.6. The summed E-state index contributed by atoms with van der Waals surface area (Å²) < 4.78 is 3.97. The maximum atomic E-state index is 9.81. The van der Waals surface area contributed by atoms with Crippen molar-refractivity contribution in [3.8, 4) is 0 Å². The van der Waals surface area contributed by atoms with Crippen LogP contribution in [0.1, 0.15) is 20.8 Å². The zero-order valence-corrected chi connectivity index (χ0v) is 9.58. The van der Waals surface area contributed by atoms with Gasteiger partial charge in [-0.05, 0) is 0 Å². The van der Waals surface area contributed by atoms with Crippen molar-refractivity contribution in [3.63, 3.8) is 0 Å². The van der Waals surface area contributed by atoms with Crippen molar-refractivity contribution in [1.82, 2.24) is 0 Å². The second kappa shape index (κ2) is 10.6. The first-order valence-electron chi connectivity index (χ1n) is 2.74. The van der Waals surface area contributed by atoms with Gasteiger partial charge in [0.15, 0.2) is 0 Å². The van der Waals surface area contributed by atoms with E-state index in [9.17, 15) is 9.59 Å². The smallest absolute Gasteiger partial charge is 0.310 e. The molecule has 0 atom stereocenters. The number of carboxylic acid groups (broad SMARTS) is 1. The van der Waals surface area contributed by atoms with E-state index in [1.807, 2.05) is 0 Å². The van der Waals surface area contributed by atoms with E-state index >= 15 is 0 Å². The molecule has 0 aliphatic heterocycles. The van der Waals surface area contributed by atoms with Gasteiger partial charge in [0.05, 0.1) is 0 Å². The summed E-state index contributed by atoms with van der Waals surface area (Å²) in [7, 11) is 0. The van der Waals surface area contributed by atoms with E-state index in [0.29, 0.717) is 0 Å². The van der Waals surface area contributed by atoms with Crippen LogP contribution in [0.2, 0.25) is 0 Å². The Bertz CT molecular complexity index is 149. The molecule has 12 heavy (non-hydrogen) atoms. The third-order valence-corrected chi connectivity index (χ3v) is 0.287. The number of carbonyl (C=O) groups excluding carboxylic acids is 2. The summed E-state index contributed by atoms with van der Waals surface area (Å²) in [4.78, 5) is 28.6. The fraction of sp³-hybridized carbons (Fsp3) is 0.500. The van der Waals surface area contributed by atoms with Crippen LogP contribution in [0.4, 0.5) is 0 Å². The van der Waals surface area contributed by atoms with Crippen LogP contribution in [0, 0.1) is 0 Å². The van der Waals surface area contributed by atoms with Crippen LogP contribution in [0.25, 0.3) is 0 Å². The summed E-state index contributed by atoms with van der Waals surface area (Å²) in [6.07, 6.45) is 0. The number of ether oxygens (including phenoxy) is 1. The molecule has 5 nitrogen and oxygen atoms in total. The predicted molar refractivity (Wildman–Crippen MR) is 41.5 cm³/mol. The van der Waals surface area contributed by atoms with Crippen LogP contribution in [0.3, 0.4) is 0 Å². The van der Waals surface area contributed by atoms with Crippen molar-refractivity contribution in [3.05, 3.63) is 0 Å². The zero-order valence-electron chi connectivity index (χ0n) is 7.58. The number of rotatable bonds is 0. The van der Waals surface area contributed by atoms with E-state index in [0.717, 1.165) is 6.92 Å². The molecule has 0 saturated carbocycles. The van der Waals surface area contributed by atoms with Gasteiger partial charge in [0.25, 0.3) is 5.97 Å². The standard InChI is InChI=1S/C4H6O3.C2H4O2.Na/c1-3(5)7-4(2)6;1-2(3)4;/h1-2H3;1H3,(H,3,4);. The van der Waals surface area contributed by atoms with Crippen LogP contribution in [-0.2, 0) is 19.1 Å². The second-order valence-corrected chi connectivity index (χ2v) is 1.60. The van der Waals surface area contributed by atoms with Crippen molar-refractivity contribution < 1.29 is 24.2 Å². The van der Waals surface area contributed by atoms with E-state index in [2.05, 4.69) is 4.74 Å². The SMILES string of the molecule is CC(=O)O.CC(=O)OC(C)=O.[Na]. The largest absolute Gasteiger partial charge is 0.481 e. The average Bonchev–Trinajstić information content (AvgIpc) is 1.56. The first-order chi connectivity index (χ1) is 4.86. The van der Waals surface area contributed by atoms with Gasteiger partial charge in [-0.25, -0.2) is 0 Å². The van der Waals surface area contributed by atoms with Crippen molar-refractivity contribution in [2.75, 3.05) is 0 Å². The fourth-order valence-electron chi connectivity index (χ4n) is 0.202. The molecule has 6 heteroatoms. The van der Waals surface area contributed by atoms with Crippen LogP contribution < -0.4 is 0 Å². The van der Waals surface area contributed by atoms with E-state index < -0.39 is 17.9 Å². The minimum absolute atomic E-state index is 0. The molecule has 0 saturated heterocycles. The topological polar surface area (TPSA) is 80.7 Å². The Morgan fingerprint density at radius 3 is 1.17 bits per heavy atom. The van der Waals surface area contributed by atoms with Gasteiger partial charge in [0.2, 0.25) is 0 Å². The summed E-state index contributed by atoms with van der Waals surface area (Å²) in [5, 5.41) is 7.42. The Kier molecular flexibility index (Phi) is 15.6. The molecule has 0 rings (SSSR count). The molecule has 0 aromatic carbocycles. The summed E-state index contributed by atoms with van der Waals surface area (Å²) in [6.45, 7) is 3.45. The minimum Gasteiger partial charge on any atom is -0.481 e. The fourth-order valence-corrected chi connectivity index (χ4v) is 0.202. The zero-order chi connectivity index (χ0) is 9.44. The van der Waals surface area contributed by atoms with E-state index in [4.69, 9.17) is 9.90 Å². The Hall–Kier alpha value is -0.390. The van der Waals surface area contributed by atoms with Gasteiger partial charge in [-0.1, -0.05) is 0 Å². The van der Waals surface area contributed by atoms with Gasteiger partial charge in [-0.3, -0.25) is 14.4 Å². The number of hydrogen-bond donors (Lipinski definition) is 1. The molecule has 0 heterocycles. The predicted octanol–water partition coefficient (Wildman–Crippen LogP) is -0.194. The van der Waals surface area contributed by atoms with Crippen molar-refractivity contribution in [1.29, 1.82) is 0 Å². The first-order valence-corrected chi connectivity index (χ1v) is 2.74. The van der Waals surface area contributed by atoms with Gasteiger partial charge < -0.3 is 9.84 Å². The van der Waals surface area contributed by atoms with Crippen LogP contribution in [-0.4, -0.2) is 52.6 Å². The molecule has 0 unspecified atom stereocenters. The molecule has 1 radical (unpaired) electrons. The third-order valence-electron chi connectivity index (χ3n) is 0.287. The van der Waals surface area contributed by atoms with E-state index in [-0.39, 0.29) is 29.6 Å². The molecule has 0 spiro atoms. The van der Waals surface area contributed by atoms with E-state index in [1.54, 1.807) is 0 Å². The summed E-state index contributed by atoms with van der Waals surface area (Å²) >= 11 is 0. The van der Waals surface area contributed by atoms with Crippen molar-refractivity contribution >= 4 is 47.5 Å². The second-order valence-electron chi connectivity index (χ2n) is 1.60. The third kappa shape index (κ3) is 54.7. The van der Waals surface area contributed by atoms with Crippen molar-refractivity contribution in [2.24, 2.45) is 0 Å². The maximum Gasteiger partial charge on any atom is 0.310 e. The summed E-state index contributed by atoms with van der Waals surface area (Å²) in [5.74, 6) is -1.96. The van der Waals surface area contributed by atoms with Crippen molar-refractivity contribution in [2.45, 2.75) is 20.8 Å². The normalized spacial score (nSPS) is 6.58. The summed E-state index contributed by atoms with van der Waals surface area (Å²) in [6, 6.07) is 0. The Labute approximate surface area is 92.4 Å². The van der Waals surface area contributed by atoms with Gasteiger partial charge in [0, 0.05) is 50.3 Å². The molecule has 0 aliphatic rings. The molecule has 65 valence electrons. The molecule has 0 aliphatic carbocycles. The number of hydrogen-bond acceptors (Lipinski definition) is 4. The molecule has 0 aromatic rings. The molecular formula is C6H10NaO5. The molecular weight excluding hydrogens is 175 g/mol. The van der Waals surface area contributed by atoms with Gasteiger partial charge >= 0.3 is 11.9 Å². The molecule has 0 aromatic heterocycles. The molecule has 1 N–H and O–H groups in total. The van der Waals surface area contributed by atoms with Gasteiger partial charge in [0.1, 0.15) is 0 Å². The number of carboxylic acids is 1.